The van der Waals surface area contributed by atoms with Crippen LogP contribution in [0.3, 0.4) is 0 Å². The molecule has 4 N–H and O–H groups in total. The number of carbonyl (C=O) groups excluding carboxylic acids is 1. The number of hydrogen-bond acceptors (Lipinski definition) is 4. The predicted molar refractivity (Wildman–Crippen MR) is 45.5 cm³/mol. The van der Waals surface area contributed by atoms with E-state index in [1.807, 2.05) is 13.8 Å². The number of nitrogens with two attached hydrogens (primary N) is 1. The molecule has 0 aromatic heterocycles. The summed E-state index contributed by atoms with van der Waals surface area (Å²) in [6.45, 7) is 3.34. The lowest BCUT2D eigenvalue weighted by molar-refractivity contribution is -0.116. The molecule has 0 bridgehead atoms. The van der Waals surface area contributed by atoms with Crippen LogP contribution in [0.4, 0.5) is 0 Å². The van der Waals surface area contributed by atoms with Crippen molar-refractivity contribution in [3.05, 3.63) is 0 Å². The molecule has 0 heterocycles. The van der Waals surface area contributed by atoms with Gasteiger partial charge in [0.05, 0.1) is 18.8 Å². The molecular formula is C8H17NO3. The number of hydrogen-bond donors (Lipinski definition) is 3. The van der Waals surface area contributed by atoms with Gasteiger partial charge in [-0.15, -0.1) is 0 Å². The molecule has 0 amide bonds. The first-order chi connectivity index (χ1) is 5.54. The molecule has 0 aromatic rings. The fourth-order valence-corrected chi connectivity index (χ4v) is 1.03. The molecule has 0 spiro atoms. The number of carbonyl (C=O) groups is 1. The molecule has 72 valence electrons. The second kappa shape index (κ2) is 5.24. The first kappa shape index (κ1) is 11.6. The molecule has 0 saturated carbocycles. The van der Waals surface area contributed by atoms with E-state index in [1.54, 1.807) is 0 Å². The van der Waals surface area contributed by atoms with Crippen LogP contribution in [0.5, 0.6) is 0 Å². The van der Waals surface area contributed by atoms with Crippen molar-refractivity contribution >= 4 is 6.29 Å². The second-order valence-corrected chi connectivity index (χ2v) is 3.29. The van der Waals surface area contributed by atoms with Crippen molar-refractivity contribution in [2.75, 3.05) is 6.61 Å². The maximum atomic E-state index is 10.5. The molecular weight excluding hydrogens is 158 g/mol. The van der Waals surface area contributed by atoms with Crippen LogP contribution < -0.4 is 5.73 Å². The van der Waals surface area contributed by atoms with Gasteiger partial charge in [0.2, 0.25) is 0 Å². The zero-order chi connectivity index (χ0) is 9.72. The Labute approximate surface area is 72.4 Å². The summed E-state index contributed by atoms with van der Waals surface area (Å²) in [5.74, 6) is -0.456. The Morgan fingerprint density at radius 1 is 1.50 bits per heavy atom. The summed E-state index contributed by atoms with van der Waals surface area (Å²) in [6, 6.07) is -0.734. The highest BCUT2D eigenvalue weighted by molar-refractivity contribution is 5.55. The fourth-order valence-electron chi connectivity index (χ4n) is 1.03. The molecule has 12 heavy (non-hydrogen) atoms. The zero-order valence-electron chi connectivity index (χ0n) is 7.47. The third kappa shape index (κ3) is 2.89. The smallest absolute Gasteiger partial charge is 0.125 e. The van der Waals surface area contributed by atoms with Gasteiger partial charge in [-0.05, 0) is 5.92 Å². The summed E-state index contributed by atoms with van der Waals surface area (Å²) in [4.78, 5) is 10.5. The van der Waals surface area contributed by atoms with Crippen LogP contribution in [0, 0.1) is 11.8 Å². The molecule has 0 aliphatic carbocycles. The van der Waals surface area contributed by atoms with Gasteiger partial charge < -0.3 is 20.7 Å². The largest absolute Gasteiger partial charge is 0.395 e. The van der Waals surface area contributed by atoms with E-state index in [9.17, 15) is 9.90 Å². The van der Waals surface area contributed by atoms with Crippen LogP contribution in [0.2, 0.25) is 0 Å². The summed E-state index contributed by atoms with van der Waals surface area (Å²) in [6.07, 6.45) is -0.266. The average molecular weight is 175 g/mol. The van der Waals surface area contributed by atoms with E-state index in [4.69, 9.17) is 10.8 Å². The van der Waals surface area contributed by atoms with Crippen molar-refractivity contribution in [2.24, 2.45) is 17.6 Å². The maximum Gasteiger partial charge on any atom is 0.125 e. The van der Waals surface area contributed by atoms with E-state index >= 15 is 0 Å². The molecule has 0 aromatic carbocycles. The van der Waals surface area contributed by atoms with Gasteiger partial charge in [0, 0.05) is 5.92 Å². The third-order valence-corrected chi connectivity index (χ3v) is 1.97. The summed E-state index contributed by atoms with van der Waals surface area (Å²) >= 11 is 0. The van der Waals surface area contributed by atoms with Gasteiger partial charge in [-0.3, -0.25) is 0 Å². The third-order valence-electron chi connectivity index (χ3n) is 1.97. The molecule has 0 radical (unpaired) electrons. The minimum Gasteiger partial charge on any atom is -0.395 e. The van der Waals surface area contributed by atoms with Crippen LogP contribution in [0.25, 0.3) is 0 Å². The molecule has 3 unspecified atom stereocenters. The van der Waals surface area contributed by atoms with Gasteiger partial charge in [-0.25, -0.2) is 0 Å². The lowest BCUT2D eigenvalue weighted by Crippen LogP contribution is -2.44. The quantitative estimate of drug-likeness (QED) is 0.475. The standard InChI is InChI=1S/C8H17NO3/c1-5(2)6(3-10)8(12)7(9)4-11/h3,5-8,11-12H,4,9H2,1-2H3. The summed E-state index contributed by atoms with van der Waals surface area (Å²) in [5, 5.41) is 18.1. The van der Waals surface area contributed by atoms with Crippen LogP contribution in [-0.2, 0) is 4.79 Å². The van der Waals surface area contributed by atoms with Gasteiger partial charge in [-0.2, -0.15) is 0 Å². The zero-order valence-corrected chi connectivity index (χ0v) is 7.47. The van der Waals surface area contributed by atoms with Crippen LogP contribution in [0.15, 0.2) is 0 Å². The van der Waals surface area contributed by atoms with E-state index in [0.29, 0.717) is 6.29 Å². The van der Waals surface area contributed by atoms with Crippen molar-refractivity contribution in [2.45, 2.75) is 26.0 Å². The molecule has 4 nitrogen and oxygen atoms in total. The van der Waals surface area contributed by atoms with Crippen molar-refractivity contribution < 1.29 is 15.0 Å². The Hall–Kier alpha value is -0.450. The van der Waals surface area contributed by atoms with Crippen molar-refractivity contribution in [3.63, 3.8) is 0 Å². The Morgan fingerprint density at radius 2 is 2.00 bits per heavy atom. The van der Waals surface area contributed by atoms with E-state index < -0.39 is 18.1 Å². The Bertz CT molecular complexity index is 138. The van der Waals surface area contributed by atoms with Gasteiger partial charge in [0.1, 0.15) is 6.29 Å². The Morgan fingerprint density at radius 3 is 2.25 bits per heavy atom. The molecule has 0 aliphatic rings. The number of rotatable bonds is 5. The van der Waals surface area contributed by atoms with E-state index in [-0.39, 0.29) is 12.5 Å². The molecule has 0 saturated heterocycles. The van der Waals surface area contributed by atoms with Crippen LogP contribution in [-0.4, -0.2) is 35.3 Å². The van der Waals surface area contributed by atoms with Crippen LogP contribution >= 0.6 is 0 Å². The molecule has 0 rings (SSSR count). The lowest BCUT2D eigenvalue weighted by Gasteiger charge is -2.24. The van der Waals surface area contributed by atoms with E-state index in [1.165, 1.54) is 0 Å². The SMILES string of the molecule is CC(C)C(C=O)C(O)C(N)CO. The highest BCUT2D eigenvalue weighted by Gasteiger charge is 2.26. The second-order valence-electron chi connectivity index (χ2n) is 3.29. The summed E-state index contributed by atoms with van der Waals surface area (Å²) in [7, 11) is 0. The van der Waals surface area contributed by atoms with Crippen molar-refractivity contribution in [1.29, 1.82) is 0 Å². The minimum atomic E-state index is -0.951. The Balaban J connectivity index is 4.20. The van der Waals surface area contributed by atoms with Gasteiger partial charge >= 0.3 is 0 Å². The number of aliphatic hydroxyl groups is 2. The molecule has 0 fully saturated rings. The monoisotopic (exact) mass is 175 g/mol. The first-order valence-electron chi connectivity index (χ1n) is 4.04. The lowest BCUT2D eigenvalue weighted by atomic mass is 9.88. The van der Waals surface area contributed by atoms with Gasteiger partial charge in [-0.1, -0.05) is 13.8 Å². The highest BCUT2D eigenvalue weighted by Crippen LogP contribution is 2.14. The fraction of sp³-hybridized carbons (Fsp3) is 0.875. The first-order valence-corrected chi connectivity index (χ1v) is 4.04. The maximum absolute atomic E-state index is 10.5. The topological polar surface area (TPSA) is 83.5 Å². The Kier molecular flexibility index (Phi) is 5.04. The summed E-state index contributed by atoms with van der Waals surface area (Å²) < 4.78 is 0. The average Bonchev–Trinajstić information content (AvgIpc) is 2.03. The predicted octanol–water partition coefficient (Wildman–Crippen LogP) is -0.862. The minimum absolute atomic E-state index is 0.0371. The van der Waals surface area contributed by atoms with Gasteiger partial charge in [0.15, 0.2) is 0 Å². The number of aldehydes is 1. The summed E-state index contributed by atoms with van der Waals surface area (Å²) in [5.41, 5.74) is 5.37. The molecule has 0 aliphatic heterocycles. The highest BCUT2D eigenvalue weighted by atomic mass is 16.3. The molecule has 4 heteroatoms. The normalized spacial score (nSPS) is 18.8. The molecule has 3 atom stereocenters. The van der Waals surface area contributed by atoms with E-state index in [2.05, 4.69) is 0 Å². The number of aliphatic hydroxyl groups excluding tert-OH is 2. The van der Waals surface area contributed by atoms with Crippen LogP contribution in [0.1, 0.15) is 13.8 Å². The van der Waals surface area contributed by atoms with E-state index in [0.717, 1.165) is 0 Å². The van der Waals surface area contributed by atoms with Crippen molar-refractivity contribution in [1.82, 2.24) is 0 Å². The van der Waals surface area contributed by atoms with Crippen molar-refractivity contribution in [3.8, 4) is 0 Å². The van der Waals surface area contributed by atoms with Gasteiger partial charge in [0.25, 0.3) is 0 Å².